The van der Waals surface area contributed by atoms with Gasteiger partial charge in [0, 0.05) is 24.1 Å². The van der Waals surface area contributed by atoms with E-state index in [1.807, 2.05) is 61.6 Å². The molecule has 9 heteroatoms. The largest absolute Gasteiger partial charge is 0.498 e. The molecule has 8 nitrogen and oxygen atoms in total. The van der Waals surface area contributed by atoms with E-state index in [4.69, 9.17) is 23.5 Å². The van der Waals surface area contributed by atoms with E-state index in [0.717, 1.165) is 16.8 Å². The molecule has 1 aliphatic rings. The zero-order valence-corrected chi connectivity index (χ0v) is 20.7. The van der Waals surface area contributed by atoms with Crippen LogP contribution in [-0.2, 0) is 25.9 Å². The lowest BCUT2D eigenvalue weighted by atomic mass is 9.77. The fourth-order valence-corrected chi connectivity index (χ4v) is 3.45. The maximum Gasteiger partial charge on any atom is 0.498 e. The minimum absolute atomic E-state index is 0.429. The highest BCUT2D eigenvalue weighted by Gasteiger charge is 2.52. The Morgan fingerprint density at radius 2 is 1.69 bits per heavy atom. The number of ether oxygens (including phenoxy) is 3. The van der Waals surface area contributed by atoms with Gasteiger partial charge in [0.15, 0.2) is 6.10 Å². The van der Waals surface area contributed by atoms with Crippen LogP contribution in [0.3, 0.4) is 0 Å². The van der Waals surface area contributed by atoms with Gasteiger partial charge in [0.2, 0.25) is 5.88 Å². The van der Waals surface area contributed by atoms with E-state index in [1.165, 1.54) is 7.11 Å². The molecule has 2 aromatic rings. The molecule has 1 aliphatic heterocycles. The van der Waals surface area contributed by atoms with E-state index in [0.29, 0.717) is 22.8 Å². The van der Waals surface area contributed by atoms with Crippen LogP contribution in [0, 0.1) is 20.8 Å². The van der Waals surface area contributed by atoms with Crippen LogP contribution < -0.4 is 14.9 Å². The van der Waals surface area contributed by atoms with E-state index in [1.54, 1.807) is 17.7 Å². The van der Waals surface area contributed by atoms with Gasteiger partial charge in [-0.25, -0.2) is 9.48 Å². The number of rotatable bonds is 6. The predicted octanol–water partition coefficient (Wildman–Crippen LogP) is 3.38. The number of benzene rings is 1. The van der Waals surface area contributed by atoms with Gasteiger partial charge in [-0.1, -0.05) is 6.07 Å². The van der Waals surface area contributed by atoms with Crippen molar-refractivity contribution in [1.82, 2.24) is 9.78 Å². The zero-order valence-electron chi connectivity index (χ0n) is 20.7. The molecule has 2 heterocycles. The summed E-state index contributed by atoms with van der Waals surface area (Å²) in [4.78, 5) is 12.0. The van der Waals surface area contributed by atoms with Gasteiger partial charge in [-0.3, -0.25) is 0 Å². The Hall–Kier alpha value is -2.52. The molecule has 0 unspecified atom stereocenters. The number of methoxy groups -OCH3 is 1. The minimum atomic E-state index is -0.822. The first kappa shape index (κ1) is 24.1. The third-order valence-electron chi connectivity index (χ3n) is 6.32. The quantitative estimate of drug-likeness (QED) is 0.499. The fourth-order valence-electron chi connectivity index (χ4n) is 3.45. The summed E-state index contributed by atoms with van der Waals surface area (Å²) in [6, 6.07) is 3.67. The Morgan fingerprint density at radius 1 is 1.09 bits per heavy atom. The Kier molecular flexibility index (Phi) is 6.37. The summed E-state index contributed by atoms with van der Waals surface area (Å²) in [5, 5.41) is 4.41. The second-order valence-corrected chi connectivity index (χ2v) is 9.27. The smallest absolute Gasteiger partial charge is 0.479 e. The zero-order chi connectivity index (χ0) is 24.0. The van der Waals surface area contributed by atoms with Gasteiger partial charge in [-0.15, -0.1) is 0 Å². The van der Waals surface area contributed by atoms with E-state index in [-0.39, 0.29) is 0 Å². The van der Waals surface area contributed by atoms with Crippen LogP contribution in [0.4, 0.5) is 0 Å². The predicted molar refractivity (Wildman–Crippen MR) is 122 cm³/mol. The van der Waals surface area contributed by atoms with Crippen LogP contribution >= 0.6 is 0 Å². The third kappa shape index (κ3) is 4.36. The maximum atomic E-state index is 12.0. The monoisotopic (exact) mass is 444 g/mol. The highest BCUT2D eigenvalue weighted by molar-refractivity contribution is 6.63. The normalized spacial score (nSPS) is 17.9. The summed E-state index contributed by atoms with van der Waals surface area (Å²) in [5.41, 5.74) is 2.36. The lowest BCUT2D eigenvalue weighted by Crippen LogP contribution is -2.41. The first-order valence-corrected chi connectivity index (χ1v) is 10.7. The average Bonchev–Trinajstić information content (AvgIpc) is 3.07. The van der Waals surface area contributed by atoms with Crippen molar-refractivity contribution in [3.8, 4) is 17.4 Å². The highest BCUT2D eigenvalue weighted by Crippen LogP contribution is 2.38. The van der Waals surface area contributed by atoms with Gasteiger partial charge in [0.05, 0.1) is 24.0 Å². The number of nitrogens with zero attached hydrogens (tertiary/aromatic N) is 2. The summed E-state index contributed by atoms with van der Waals surface area (Å²) in [5.74, 6) is 1.17. The van der Waals surface area contributed by atoms with Crippen molar-refractivity contribution < 1.29 is 28.3 Å². The van der Waals surface area contributed by atoms with Crippen LogP contribution in [0.15, 0.2) is 12.1 Å². The molecule has 1 aromatic carbocycles. The molecule has 1 atom stereocenters. The molecule has 3 rings (SSSR count). The molecule has 0 bridgehead atoms. The molecule has 1 aromatic heterocycles. The van der Waals surface area contributed by atoms with Crippen molar-refractivity contribution in [3.05, 3.63) is 29.0 Å². The summed E-state index contributed by atoms with van der Waals surface area (Å²) < 4.78 is 31.2. The Morgan fingerprint density at radius 3 is 2.19 bits per heavy atom. The van der Waals surface area contributed by atoms with Crippen molar-refractivity contribution in [1.29, 1.82) is 0 Å². The average molecular weight is 444 g/mol. The van der Waals surface area contributed by atoms with E-state index in [9.17, 15) is 4.79 Å². The number of hydrogen-bond donors (Lipinski definition) is 0. The van der Waals surface area contributed by atoms with E-state index < -0.39 is 30.4 Å². The molecular formula is C23H33BN2O6. The molecule has 0 radical (unpaired) electrons. The number of carbonyl (C=O) groups excluding carboxylic acids is 1. The first-order valence-electron chi connectivity index (χ1n) is 10.7. The first-order chi connectivity index (χ1) is 14.8. The number of esters is 1. The number of aromatic nitrogens is 2. The summed E-state index contributed by atoms with van der Waals surface area (Å²) in [7, 11) is 2.50. The van der Waals surface area contributed by atoms with Gasteiger partial charge >= 0.3 is 13.1 Å². The lowest BCUT2D eigenvalue weighted by molar-refractivity contribution is -0.147. The van der Waals surface area contributed by atoms with Gasteiger partial charge in [-0.05, 0) is 61.0 Å². The highest BCUT2D eigenvalue weighted by atomic mass is 16.7. The number of aryl methyl sites for hydroxylation is 3. The Balaban J connectivity index is 2.05. The second-order valence-electron chi connectivity index (χ2n) is 9.27. The van der Waals surface area contributed by atoms with E-state index in [2.05, 4.69) is 5.10 Å². The molecular weight excluding hydrogens is 411 g/mol. The SMILES string of the molecule is COC(=O)[C@H](C)Oc1cc(Oc2c(C)c(C)nn2C)c(C)cc1B1OC(C)(C)C(C)(C)O1. The summed E-state index contributed by atoms with van der Waals surface area (Å²) in [6.45, 7) is 15.4. The van der Waals surface area contributed by atoms with Crippen LogP contribution in [0.5, 0.6) is 17.4 Å². The van der Waals surface area contributed by atoms with Crippen molar-refractivity contribution in [2.45, 2.75) is 72.7 Å². The Labute approximate surface area is 190 Å². The Bertz CT molecular complexity index is 1010. The molecule has 1 saturated heterocycles. The number of carbonyl (C=O) groups is 1. The standard InChI is InChI=1S/C23H33BN2O6/c1-13-11-17(24-31-22(5,6)23(7,8)32-24)19(29-16(4)21(27)28-10)12-18(13)30-20-14(2)15(3)25-26(20)9/h11-12,16H,1-10H3/t16-/m0/s1. The van der Waals surface area contributed by atoms with Crippen molar-refractivity contribution in [2.24, 2.45) is 7.05 Å². The van der Waals surface area contributed by atoms with Crippen LogP contribution in [0.1, 0.15) is 51.4 Å². The lowest BCUT2D eigenvalue weighted by Gasteiger charge is -2.32. The van der Waals surface area contributed by atoms with Gasteiger partial charge in [0.1, 0.15) is 11.5 Å². The molecule has 0 aliphatic carbocycles. The van der Waals surface area contributed by atoms with Crippen molar-refractivity contribution >= 4 is 18.6 Å². The van der Waals surface area contributed by atoms with Crippen LogP contribution in [0.25, 0.3) is 0 Å². The number of hydrogen-bond acceptors (Lipinski definition) is 7. The molecule has 0 spiro atoms. The second kappa shape index (κ2) is 8.44. The minimum Gasteiger partial charge on any atom is -0.479 e. The molecule has 0 amide bonds. The van der Waals surface area contributed by atoms with Crippen molar-refractivity contribution in [2.75, 3.05) is 7.11 Å². The van der Waals surface area contributed by atoms with Gasteiger partial charge in [0.25, 0.3) is 0 Å². The fraction of sp³-hybridized carbons (Fsp3) is 0.565. The molecule has 0 saturated carbocycles. The van der Waals surface area contributed by atoms with Crippen LogP contribution in [0.2, 0.25) is 0 Å². The third-order valence-corrected chi connectivity index (χ3v) is 6.32. The van der Waals surface area contributed by atoms with E-state index >= 15 is 0 Å². The van der Waals surface area contributed by atoms with Gasteiger partial charge in [-0.2, -0.15) is 5.10 Å². The summed E-state index contributed by atoms with van der Waals surface area (Å²) in [6.07, 6.45) is -0.822. The molecule has 32 heavy (non-hydrogen) atoms. The van der Waals surface area contributed by atoms with Crippen molar-refractivity contribution in [3.63, 3.8) is 0 Å². The van der Waals surface area contributed by atoms with Gasteiger partial charge < -0.3 is 23.5 Å². The maximum absolute atomic E-state index is 12.0. The summed E-state index contributed by atoms with van der Waals surface area (Å²) >= 11 is 0. The topological polar surface area (TPSA) is 81.0 Å². The molecule has 1 fully saturated rings. The molecule has 174 valence electrons. The van der Waals surface area contributed by atoms with Crippen LogP contribution in [-0.4, -0.2) is 47.3 Å². The molecule has 0 N–H and O–H groups in total.